The first-order valence-corrected chi connectivity index (χ1v) is 11.8. The molecule has 3 heterocycles. The number of imidazole rings is 1. The number of carbonyl (C=O) groups excluding carboxylic acids is 2. The van der Waals surface area contributed by atoms with Gasteiger partial charge in [-0.2, -0.15) is 5.10 Å². The number of halogens is 1. The van der Waals surface area contributed by atoms with Crippen molar-refractivity contribution in [1.29, 1.82) is 0 Å². The molecule has 3 aromatic heterocycles. The third-order valence-corrected chi connectivity index (χ3v) is 5.78. The molecular formula is C26H25FN6O4. The molecule has 0 spiro atoms. The van der Waals surface area contributed by atoms with Crippen molar-refractivity contribution >= 4 is 23.3 Å². The summed E-state index contributed by atoms with van der Waals surface area (Å²) in [6.45, 7) is 2.06. The molecule has 0 radical (unpaired) electrons. The summed E-state index contributed by atoms with van der Waals surface area (Å²) < 4.78 is 26.6. The van der Waals surface area contributed by atoms with Crippen LogP contribution in [-0.2, 0) is 11.3 Å². The van der Waals surface area contributed by atoms with Gasteiger partial charge in [-0.3, -0.25) is 9.59 Å². The van der Waals surface area contributed by atoms with E-state index in [0.29, 0.717) is 46.6 Å². The summed E-state index contributed by atoms with van der Waals surface area (Å²) in [7, 11) is 1.42. The van der Waals surface area contributed by atoms with Crippen LogP contribution in [-0.4, -0.2) is 45.1 Å². The molecule has 0 atom stereocenters. The van der Waals surface area contributed by atoms with Crippen molar-refractivity contribution in [2.24, 2.45) is 5.92 Å². The van der Waals surface area contributed by atoms with E-state index in [2.05, 4.69) is 25.7 Å². The average molecular weight is 505 g/mol. The second kappa shape index (κ2) is 10.2. The van der Waals surface area contributed by atoms with Crippen molar-refractivity contribution in [3.05, 3.63) is 65.7 Å². The number of hydrogen-bond donors (Lipinski definition) is 2. The van der Waals surface area contributed by atoms with Crippen LogP contribution in [0.15, 0.2) is 48.8 Å². The van der Waals surface area contributed by atoms with E-state index in [1.54, 1.807) is 36.7 Å². The van der Waals surface area contributed by atoms with Crippen molar-refractivity contribution in [3.8, 4) is 22.9 Å². The number of anilines is 1. The molecule has 2 amide bonds. The van der Waals surface area contributed by atoms with E-state index >= 15 is 0 Å². The number of nitrogens with one attached hydrogen (secondary N) is 2. The molecule has 0 unspecified atom stereocenters. The molecule has 1 saturated carbocycles. The number of hydrogen-bond acceptors (Lipinski definition) is 7. The minimum atomic E-state index is -0.437. The quantitative estimate of drug-likeness (QED) is 0.357. The van der Waals surface area contributed by atoms with Crippen molar-refractivity contribution in [2.45, 2.75) is 26.3 Å². The minimum absolute atomic E-state index is 0.0922. The summed E-state index contributed by atoms with van der Waals surface area (Å²) in [5.41, 5.74) is 2.43. The SMILES string of the molecule is COc1ncc(-c2ccc3nc(NC(C)=O)cn3n2)cc1C(=O)NCc1cc(F)cc(OCC2CC2)c1. The summed E-state index contributed by atoms with van der Waals surface area (Å²) in [6.07, 6.45) is 5.41. The van der Waals surface area contributed by atoms with Gasteiger partial charge in [0.15, 0.2) is 11.5 Å². The van der Waals surface area contributed by atoms with Gasteiger partial charge in [0.1, 0.15) is 17.1 Å². The molecule has 1 fully saturated rings. The molecule has 4 aromatic rings. The lowest BCUT2D eigenvalue weighted by Gasteiger charge is -2.12. The number of methoxy groups -OCH3 is 1. The van der Waals surface area contributed by atoms with Gasteiger partial charge in [0.05, 0.1) is 25.6 Å². The molecule has 0 bridgehead atoms. The fraction of sp³-hybridized carbons (Fsp3) is 0.269. The van der Waals surface area contributed by atoms with E-state index in [-0.39, 0.29) is 23.9 Å². The number of pyridine rings is 1. The van der Waals surface area contributed by atoms with Crippen molar-refractivity contribution in [1.82, 2.24) is 24.9 Å². The van der Waals surface area contributed by atoms with E-state index in [4.69, 9.17) is 9.47 Å². The van der Waals surface area contributed by atoms with Crippen LogP contribution in [0.3, 0.4) is 0 Å². The summed E-state index contributed by atoms with van der Waals surface area (Å²) in [5.74, 6) is 0.406. The van der Waals surface area contributed by atoms with Crippen LogP contribution in [0.2, 0.25) is 0 Å². The Balaban J connectivity index is 1.34. The summed E-state index contributed by atoms with van der Waals surface area (Å²) in [6, 6.07) is 9.52. The van der Waals surface area contributed by atoms with Gasteiger partial charge >= 0.3 is 0 Å². The summed E-state index contributed by atoms with van der Waals surface area (Å²) in [5, 5.41) is 9.92. The minimum Gasteiger partial charge on any atom is -0.493 e. The zero-order valence-corrected chi connectivity index (χ0v) is 20.3. The lowest BCUT2D eigenvalue weighted by atomic mass is 10.1. The predicted octanol–water partition coefficient (Wildman–Crippen LogP) is 3.62. The zero-order chi connectivity index (χ0) is 25.9. The molecule has 11 heteroatoms. The number of rotatable bonds is 9. The third-order valence-electron chi connectivity index (χ3n) is 5.78. The Morgan fingerprint density at radius 2 is 2.03 bits per heavy atom. The molecule has 37 heavy (non-hydrogen) atoms. The molecule has 1 aliphatic rings. The van der Waals surface area contributed by atoms with E-state index in [1.165, 1.54) is 30.7 Å². The van der Waals surface area contributed by atoms with E-state index < -0.39 is 11.7 Å². The third kappa shape index (κ3) is 5.83. The highest BCUT2D eigenvalue weighted by Gasteiger charge is 2.22. The van der Waals surface area contributed by atoms with E-state index in [9.17, 15) is 14.0 Å². The lowest BCUT2D eigenvalue weighted by Crippen LogP contribution is -2.24. The van der Waals surface area contributed by atoms with Gasteiger partial charge in [-0.15, -0.1) is 0 Å². The van der Waals surface area contributed by atoms with Gasteiger partial charge in [-0.1, -0.05) is 0 Å². The van der Waals surface area contributed by atoms with Crippen LogP contribution in [0, 0.1) is 11.7 Å². The predicted molar refractivity (Wildman–Crippen MR) is 133 cm³/mol. The number of nitrogens with zero attached hydrogens (tertiary/aromatic N) is 4. The largest absolute Gasteiger partial charge is 0.493 e. The first kappa shape index (κ1) is 24.2. The Morgan fingerprint density at radius 3 is 2.78 bits per heavy atom. The van der Waals surface area contributed by atoms with Crippen LogP contribution >= 0.6 is 0 Å². The molecule has 2 N–H and O–H groups in total. The summed E-state index contributed by atoms with van der Waals surface area (Å²) >= 11 is 0. The number of carbonyl (C=O) groups is 2. The first-order valence-electron chi connectivity index (χ1n) is 11.8. The zero-order valence-electron chi connectivity index (χ0n) is 20.3. The Morgan fingerprint density at radius 1 is 1.19 bits per heavy atom. The summed E-state index contributed by atoms with van der Waals surface area (Å²) in [4.78, 5) is 32.9. The number of fused-ring (bicyclic) bond motifs is 1. The van der Waals surface area contributed by atoms with Gasteiger partial charge < -0.3 is 20.1 Å². The Kier molecular flexibility index (Phi) is 6.67. The average Bonchev–Trinajstić information content (AvgIpc) is 3.62. The topological polar surface area (TPSA) is 120 Å². The van der Waals surface area contributed by atoms with Crippen LogP contribution in [0.25, 0.3) is 16.9 Å². The van der Waals surface area contributed by atoms with Crippen LogP contribution < -0.4 is 20.1 Å². The number of aromatic nitrogens is 4. The number of benzene rings is 1. The first-order chi connectivity index (χ1) is 17.9. The second-order valence-corrected chi connectivity index (χ2v) is 8.84. The highest BCUT2D eigenvalue weighted by Crippen LogP contribution is 2.30. The molecular weight excluding hydrogens is 479 g/mol. The standard InChI is InChI=1S/C26H25FN6O4/c1-15(34)30-23-13-33-24(31-23)6-5-22(32-33)18-9-21(26(36-2)29-12-18)25(35)28-11-17-7-19(27)10-20(8-17)37-14-16-3-4-16/h5-10,12-13,16H,3-4,11,14H2,1-2H3,(H,28,35)(H,30,34). The highest BCUT2D eigenvalue weighted by atomic mass is 19.1. The molecule has 10 nitrogen and oxygen atoms in total. The Hall–Kier alpha value is -4.54. The van der Waals surface area contributed by atoms with Gasteiger partial charge in [0.25, 0.3) is 5.91 Å². The maximum Gasteiger partial charge on any atom is 0.257 e. The molecule has 5 rings (SSSR count). The van der Waals surface area contributed by atoms with Gasteiger partial charge in [-0.05, 0) is 54.7 Å². The molecule has 1 aromatic carbocycles. The Labute approximate surface area is 211 Å². The molecule has 190 valence electrons. The second-order valence-electron chi connectivity index (χ2n) is 8.84. The van der Waals surface area contributed by atoms with Crippen molar-refractivity contribution in [3.63, 3.8) is 0 Å². The van der Waals surface area contributed by atoms with Crippen LogP contribution in [0.5, 0.6) is 11.6 Å². The van der Waals surface area contributed by atoms with Gasteiger partial charge in [0.2, 0.25) is 11.8 Å². The van der Waals surface area contributed by atoms with Gasteiger partial charge in [-0.25, -0.2) is 18.9 Å². The number of amides is 2. The maximum atomic E-state index is 14.1. The van der Waals surface area contributed by atoms with E-state index in [1.807, 2.05) is 0 Å². The highest BCUT2D eigenvalue weighted by molar-refractivity contribution is 5.97. The van der Waals surface area contributed by atoms with Crippen molar-refractivity contribution in [2.75, 3.05) is 19.0 Å². The van der Waals surface area contributed by atoms with E-state index in [0.717, 1.165) is 12.8 Å². The Bertz CT molecular complexity index is 1480. The van der Waals surface area contributed by atoms with Crippen LogP contribution in [0.1, 0.15) is 35.7 Å². The fourth-order valence-electron chi connectivity index (χ4n) is 3.78. The lowest BCUT2D eigenvalue weighted by molar-refractivity contribution is -0.114. The van der Waals surface area contributed by atoms with Crippen LogP contribution in [0.4, 0.5) is 10.2 Å². The molecule has 0 aliphatic heterocycles. The maximum absolute atomic E-state index is 14.1. The molecule has 1 aliphatic carbocycles. The van der Waals surface area contributed by atoms with Gasteiger partial charge in [0, 0.05) is 31.3 Å². The number of ether oxygens (including phenoxy) is 2. The monoisotopic (exact) mass is 504 g/mol. The normalized spacial score (nSPS) is 12.8. The molecule has 0 saturated heterocycles. The van der Waals surface area contributed by atoms with Crippen molar-refractivity contribution < 1.29 is 23.5 Å². The smallest absolute Gasteiger partial charge is 0.257 e. The fourth-order valence-corrected chi connectivity index (χ4v) is 3.78.